The number of aromatic nitrogens is 2. The molecule has 3 heteroatoms. The molecule has 1 atom stereocenters. The molecule has 1 fully saturated rings. The first-order valence-electron chi connectivity index (χ1n) is 5.83. The molecule has 0 aromatic carbocycles. The summed E-state index contributed by atoms with van der Waals surface area (Å²) in [5, 5.41) is 3.57. The van der Waals surface area contributed by atoms with E-state index in [0.717, 1.165) is 5.95 Å². The van der Waals surface area contributed by atoms with E-state index in [1.54, 1.807) is 0 Å². The minimum absolute atomic E-state index is 0.393. The Morgan fingerprint density at radius 3 is 2.87 bits per heavy atom. The van der Waals surface area contributed by atoms with Crippen molar-refractivity contribution >= 4 is 5.95 Å². The van der Waals surface area contributed by atoms with Crippen LogP contribution in [0.2, 0.25) is 0 Å². The molecule has 0 aliphatic heterocycles. The van der Waals surface area contributed by atoms with Gasteiger partial charge in [-0.3, -0.25) is 0 Å². The Balaban J connectivity index is 2.07. The molecular formula is C12H21N3. The Morgan fingerprint density at radius 2 is 2.27 bits per heavy atom. The quantitative estimate of drug-likeness (QED) is 0.808. The van der Waals surface area contributed by atoms with Crippen LogP contribution >= 0.6 is 0 Å². The van der Waals surface area contributed by atoms with Crippen LogP contribution in [-0.2, 0) is 7.05 Å². The first-order valence-corrected chi connectivity index (χ1v) is 5.83. The molecule has 1 aliphatic rings. The molecule has 1 unspecified atom stereocenters. The first-order chi connectivity index (χ1) is 7.09. The number of rotatable bonds is 2. The van der Waals surface area contributed by atoms with Crippen LogP contribution in [0.4, 0.5) is 5.95 Å². The zero-order valence-electron chi connectivity index (χ0n) is 9.95. The number of aryl methyl sites for hydroxylation is 1. The highest BCUT2D eigenvalue weighted by atomic mass is 15.2. The van der Waals surface area contributed by atoms with Gasteiger partial charge in [0.05, 0.1) is 0 Å². The van der Waals surface area contributed by atoms with Gasteiger partial charge in [-0.15, -0.1) is 0 Å². The highest BCUT2D eigenvalue weighted by Crippen LogP contribution is 2.36. The summed E-state index contributed by atoms with van der Waals surface area (Å²) in [5.74, 6) is 0.995. The van der Waals surface area contributed by atoms with Crippen LogP contribution in [0.15, 0.2) is 12.4 Å². The summed E-state index contributed by atoms with van der Waals surface area (Å²) in [6, 6.07) is 0.562. The maximum Gasteiger partial charge on any atom is 0.202 e. The van der Waals surface area contributed by atoms with Crippen molar-refractivity contribution in [2.45, 2.75) is 45.6 Å². The van der Waals surface area contributed by atoms with Gasteiger partial charge in [0, 0.05) is 25.5 Å². The molecule has 3 nitrogen and oxygen atoms in total. The summed E-state index contributed by atoms with van der Waals surface area (Å²) < 4.78 is 2.05. The van der Waals surface area contributed by atoms with Crippen LogP contribution in [0.3, 0.4) is 0 Å². The van der Waals surface area contributed by atoms with Crippen LogP contribution in [0.25, 0.3) is 0 Å². The maximum atomic E-state index is 4.33. The Kier molecular flexibility index (Phi) is 2.72. The van der Waals surface area contributed by atoms with Gasteiger partial charge in [-0.25, -0.2) is 4.98 Å². The summed E-state index contributed by atoms with van der Waals surface area (Å²) >= 11 is 0. The van der Waals surface area contributed by atoms with Gasteiger partial charge in [0.1, 0.15) is 0 Å². The number of hydrogen-bond acceptors (Lipinski definition) is 2. The lowest BCUT2D eigenvalue weighted by molar-refractivity contribution is 0.216. The Hall–Kier alpha value is -0.990. The molecule has 0 saturated heterocycles. The van der Waals surface area contributed by atoms with Gasteiger partial charge >= 0.3 is 0 Å². The van der Waals surface area contributed by atoms with Gasteiger partial charge in [0.25, 0.3) is 0 Å². The fraction of sp³-hybridized carbons (Fsp3) is 0.750. The van der Waals surface area contributed by atoms with Gasteiger partial charge in [-0.2, -0.15) is 0 Å². The maximum absolute atomic E-state index is 4.33. The number of nitrogens with one attached hydrogen (secondary N) is 1. The molecule has 1 aliphatic carbocycles. The van der Waals surface area contributed by atoms with Crippen LogP contribution in [0.5, 0.6) is 0 Å². The largest absolute Gasteiger partial charge is 0.352 e. The molecule has 1 aromatic heterocycles. The van der Waals surface area contributed by atoms with E-state index in [0.29, 0.717) is 11.5 Å². The summed E-state index contributed by atoms with van der Waals surface area (Å²) in [6.45, 7) is 4.71. The highest BCUT2D eigenvalue weighted by molar-refractivity contribution is 5.28. The fourth-order valence-electron chi connectivity index (χ4n) is 2.42. The van der Waals surface area contributed by atoms with E-state index in [1.807, 2.05) is 24.0 Å². The smallest absolute Gasteiger partial charge is 0.202 e. The average molecular weight is 207 g/mol. The zero-order chi connectivity index (χ0) is 10.9. The van der Waals surface area contributed by atoms with E-state index >= 15 is 0 Å². The molecule has 0 amide bonds. The van der Waals surface area contributed by atoms with E-state index in [2.05, 4.69) is 24.1 Å². The third-order valence-corrected chi connectivity index (χ3v) is 3.63. The number of hydrogen-bond donors (Lipinski definition) is 1. The Morgan fingerprint density at radius 1 is 1.47 bits per heavy atom. The van der Waals surface area contributed by atoms with Gasteiger partial charge in [-0.05, 0) is 18.3 Å². The van der Waals surface area contributed by atoms with Crippen LogP contribution in [0.1, 0.15) is 39.5 Å². The van der Waals surface area contributed by atoms with Crippen LogP contribution in [0, 0.1) is 5.41 Å². The average Bonchev–Trinajstić information content (AvgIpc) is 2.56. The van der Waals surface area contributed by atoms with Gasteiger partial charge < -0.3 is 9.88 Å². The Bertz CT molecular complexity index is 327. The van der Waals surface area contributed by atoms with E-state index < -0.39 is 0 Å². The molecular weight excluding hydrogens is 186 g/mol. The second-order valence-corrected chi connectivity index (χ2v) is 5.29. The van der Waals surface area contributed by atoms with Crippen LogP contribution < -0.4 is 5.32 Å². The van der Waals surface area contributed by atoms with Crippen molar-refractivity contribution in [1.29, 1.82) is 0 Å². The molecule has 84 valence electrons. The van der Waals surface area contributed by atoms with Gasteiger partial charge in [0.15, 0.2) is 0 Å². The molecule has 1 heterocycles. The molecule has 1 aromatic rings. The molecule has 0 spiro atoms. The first kappa shape index (κ1) is 10.5. The number of nitrogens with zero attached hydrogens (tertiary/aromatic N) is 2. The highest BCUT2D eigenvalue weighted by Gasteiger charge is 2.32. The minimum Gasteiger partial charge on any atom is -0.352 e. The van der Waals surface area contributed by atoms with Gasteiger partial charge in [0.2, 0.25) is 5.95 Å². The predicted molar refractivity (Wildman–Crippen MR) is 62.9 cm³/mol. The number of imidazole rings is 1. The Labute approximate surface area is 91.9 Å². The lowest BCUT2D eigenvalue weighted by atomic mass is 9.73. The van der Waals surface area contributed by atoms with Crippen molar-refractivity contribution in [2.24, 2.45) is 12.5 Å². The van der Waals surface area contributed by atoms with Crippen molar-refractivity contribution in [3.8, 4) is 0 Å². The fourth-order valence-corrected chi connectivity index (χ4v) is 2.42. The normalized spacial score (nSPS) is 25.1. The minimum atomic E-state index is 0.393. The summed E-state index contributed by atoms with van der Waals surface area (Å²) in [7, 11) is 2.03. The van der Waals surface area contributed by atoms with Crippen molar-refractivity contribution in [2.75, 3.05) is 5.32 Å². The van der Waals surface area contributed by atoms with Crippen molar-refractivity contribution < 1.29 is 0 Å². The lowest BCUT2D eigenvalue weighted by Gasteiger charge is -2.39. The van der Waals surface area contributed by atoms with Crippen molar-refractivity contribution in [3.05, 3.63) is 12.4 Å². The SMILES string of the molecule is Cn1ccnc1NC1CCCCC1(C)C. The van der Waals surface area contributed by atoms with E-state index in [4.69, 9.17) is 0 Å². The monoisotopic (exact) mass is 207 g/mol. The summed E-state index contributed by atoms with van der Waals surface area (Å²) in [6.07, 6.45) is 9.11. The molecule has 0 bridgehead atoms. The summed E-state index contributed by atoms with van der Waals surface area (Å²) in [5.41, 5.74) is 0.393. The standard InChI is InChI=1S/C12H21N3/c1-12(2)7-5-4-6-10(12)14-11-13-8-9-15(11)3/h8-10H,4-7H2,1-3H3,(H,13,14). The van der Waals surface area contributed by atoms with Gasteiger partial charge in [-0.1, -0.05) is 26.7 Å². The lowest BCUT2D eigenvalue weighted by Crippen LogP contribution is -2.39. The van der Waals surface area contributed by atoms with E-state index in [9.17, 15) is 0 Å². The molecule has 0 radical (unpaired) electrons. The van der Waals surface area contributed by atoms with Crippen LogP contribution in [-0.4, -0.2) is 15.6 Å². The number of anilines is 1. The molecule has 1 N–H and O–H groups in total. The predicted octanol–water partition coefficient (Wildman–Crippen LogP) is 2.80. The summed E-state index contributed by atoms with van der Waals surface area (Å²) in [4.78, 5) is 4.33. The second kappa shape index (κ2) is 3.87. The molecule has 1 saturated carbocycles. The second-order valence-electron chi connectivity index (χ2n) is 5.29. The topological polar surface area (TPSA) is 29.9 Å². The zero-order valence-corrected chi connectivity index (χ0v) is 9.95. The third kappa shape index (κ3) is 2.16. The van der Waals surface area contributed by atoms with Crippen molar-refractivity contribution in [3.63, 3.8) is 0 Å². The molecule has 15 heavy (non-hydrogen) atoms. The van der Waals surface area contributed by atoms with E-state index in [-0.39, 0.29) is 0 Å². The van der Waals surface area contributed by atoms with E-state index in [1.165, 1.54) is 25.7 Å². The van der Waals surface area contributed by atoms with Crippen molar-refractivity contribution in [1.82, 2.24) is 9.55 Å². The third-order valence-electron chi connectivity index (χ3n) is 3.63. The molecule has 2 rings (SSSR count).